The van der Waals surface area contributed by atoms with Gasteiger partial charge in [0.25, 0.3) is 11.5 Å². The van der Waals surface area contributed by atoms with Gasteiger partial charge < -0.3 is 24.4 Å². The van der Waals surface area contributed by atoms with Crippen molar-refractivity contribution in [2.45, 2.75) is 58.3 Å². The number of nitrogens with one attached hydrogen (secondary N) is 3. The van der Waals surface area contributed by atoms with E-state index < -0.39 is 68.1 Å². The third-order valence-electron chi connectivity index (χ3n) is 7.04. The summed E-state index contributed by atoms with van der Waals surface area (Å²) in [4.78, 5) is 50.5. The SMILES string of the molecule is CNC(=O)c1cccc(-c2ccc(OP(=O)(N[C@@H](C)C(=O)OC(C)C)OC[C@H]3O[C@@H](n4ccc(=O)[nH]c4=O)[C@@H](C)[C@@H]3O)cc2)c1. The van der Waals surface area contributed by atoms with Crippen molar-refractivity contribution in [2.75, 3.05) is 13.7 Å². The highest BCUT2D eigenvalue weighted by Gasteiger charge is 2.44. The summed E-state index contributed by atoms with van der Waals surface area (Å²) in [7, 11) is -2.78. The highest BCUT2D eigenvalue weighted by atomic mass is 31.2. The number of carbonyl (C=O) groups excluding carboxylic acids is 2. The Bertz CT molecular complexity index is 1670. The van der Waals surface area contributed by atoms with Crippen LogP contribution >= 0.6 is 7.75 Å². The average molecular weight is 645 g/mol. The summed E-state index contributed by atoms with van der Waals surface area (Å²) in [5, 5.41) is 16.0. The van der Waals surface area contributed by atoms with Crippen LogP contribution in [0.3, 0.4) is 0 Å². The number of aromatic nitrogens is 2. The fraction of sp³-hybridized carbons (Fsp3) is 0.400. The molecule has 1 unspecified atom stereocenters. The first kappa shape index (κ1) is 33.8. The molecular weight excluding hydrogens is 607 g/mol. The summed E-state index contributed by atoms with van der Waals surface area (Å²) in [5.41, 5.74) is 0.707. The van der Waals surface area contributed by atoms with E-state index in [9.17, 15) is 28.8 Å². The molecule has 1 aromatic heterocycles. The maximum absolute atomic E-state index is 14.0. The minimum Gasteiger partial charge on any atom is -0.462 e. The number of H-pyrrole nitrogens is 1. The van der Waals surface area contributed by atoms with Gasteiger partial charge >= 0.3 is 19.4 Å². The molecule has 6 atom stereocenters. The zero-order valence-electron chi connectivity index (χ0n) is 25.5. The molecule has 1 aliphatic rings. The Morgan fingerprint density at radius 2 is 1.80 bits per heavy atom. The number of hydrogen-bond acceptors (Lipinski definition) is 10. The minimum absolute atomic E-state index is 0.139. The Kier molecular flexibility index (Phi) is 10.8. The fourth-order valence-electron chi connectivity index (χ4n) is 4.69. The number of carbonyl (C=O) groups is 2. The second-order valence-electron chi connectivity index (χ2n) is 10.8. The van der Waals surface area contributed by atoms with Gasteiger partial charge in [-0.05, 0) is 56.2 Å². The minimum atomic E-state index is -4.32. The summed E-state index contributed by atoms with van der Waals surface area (Å²) in [6.45, 7) is 5.99. The molecule has 242 valence electrons. The van der Waals surface area contributed by atoms with Crippen LogP contribution in [0.15, 0.2) is 70.4 Å². The molecule has 14 nitrogen and oxygen atoms in total. The number of aliphatic hydroxyl groups is 1. The maximum Gasteiger partial charge on any atom is 0.459 e. The second-order valence-corrected chi connectivity index (χ2v) is 12.5. The molecule has 1 saturated heterocycles. The summed E-state index contributed by atoms with van der Waals surface area (Å²) in [6.07, 6.45) is -2.30. The van der Waals surface area contributed by atoms with Gasteiger partial charge in [-0.1, -0.05) is 31.2 Å². The first-order valence-corrected chi connectivity index (χ1v) is 15.8. The van der Waals surface area contributed by atoms with Crippen molar-refractivity contribution in [1.82, 2.24) is 20.0 Å². The van der Waals surface area contributed by atoms with E-state index in [1.54, 1.807) is 70.3 Å². The molecule has 0 aliphatic carbocycles. The lowest BCUT2D eigenvalue weighted by atomic mass is 10.0. The van der Waals surface area contributed by atoms with E-state index in [4.69, 9.17) is 18.5 Å². The number of rotatable bonds is 12. The topological polar surface area (TPSA) is 187 Å². The van der Waals surface area contributed by atoms with Crippen LogP contribution in [0.4, 0.5) is 0 Å². The molecule has 4 rings (SSSR count). The molecule has 45 heavy (non-hydrogen) atoms. The van der Waals surface area contributed by atoms with E-state index in [0.29, 0.717) is 5.56 Å². The Balaban J connectivity index is 1.53. The van der Waals surface area contributed by atoms with Crippen molar-refractivity contribution in [3.05, 3.63) is 87.2 Å². The zero-order chi connectivity index (χ0) is 32.9. The largest absolute Gasteiger partial charge is 0.462 e. The average Bonchev–Trinajstić information content (AvgIpc) is 3.28. The number of aromatic amines is 1. The molecule has 1 amide bonds. The summed E-state index contributed by atoms with van der Waals surface area (Å²) >= 11 is 0. The number of benzene rings is 2. The standard InChI is InChI=1S/C30H37N4O10P/c1-17(2)42-29(38)19(4)33-45(40,41-16-24-26(36)18(3)28(43-24)34-14-13-25(35)32-30(34)39)44-23-11-9-20(10-12-23)21-7-6-8-22(15-21)27(37)31-5/h6-15,17-19,24,26,28,36H,16H2,1-5H3,(H,31,37)(H,33,40)(H,32,35,39)/t18-,19-,24+,26-,28+,45?/m0/s1. The lowest BCUT2D eigenvalue weighted by molar-refractivity contribution is -0.149. The van der Waals surface area contributed by atoms with E-state index in [-0.39, 0.29) is 11.7 Å². The third kappa shape index (κ3) is 8.35. The molecule has 0 radical (unpaired) electrons. The van der Waals surface area contributed by atoms with E-state index >= 15 is 0 Å². The van der Waals surface area contributed by atoms with Gasteiger partial charge in [0, 0.05) is 30.8 Å². The normalized spacial score (nSPS) is 21.6. The van der Waals surface area contributed by atoms with Crippen LogP contribution in [0.2, 0.25) is 0 Å². The number of esters is 1. The van der Waals surface area contributed by atoms with Crippen LogP contribution in [0.25, 0.3) is 11.1 Å². The fourth-order valence-corrected chi connectivity index (χ4v) is 6.19. The molecule has 0 spiro atoms. The van der Waals surface area contributed by atoms with E-state index in [1.807, 2.05) is 6.07 Å². The molecule has 2 heterocycles. The molecule has 0 bridgehead atoms. The highest BCUT2D eigenvalue weighted by Crippen LogP contribution is 2.46. The number of amides is 1. The van der Waals surface area contributed by atoms with E-state index in [0.717, 1.165) is 21.8 Å². The van der Waals surface area contributed by atoms with Crippen molar-refractivity contribution >= 4 is 19.6 Å². The Morgan fingerprint density at radius 3 is 2.44 bits per heavy atom. The van der Waals surface area contributed by atoms with Gasteiger partial charge in [-0.2, -0.15) is 5.09 Å². The van der Waals surface area contributed by atoms with Gasteiger partial charge in [-0.25, -0.2) is 9.36 Å². The lowest BCUT2D eigenvalue weighted by Crippen LogP contribution is -2.37. The molecular formula is C30H37N4O10P. The Labute approximate surface area is 259 Å². The zero-order valence-corrected chi connectivity index (χ0v) is 26.4. The number of ether oxygens (including phenoxy) is 2. The van der Waals surface area contributed by atoms with E-state index in [1.165, 1.54) is 13.1 Å². The van der Waals surface area contributed by atoms with Gasteiger partial charge in [-0.3, -0.25) is 28.5 Å². The lowest BCUT2D eigenvalue weighted by Gasteiger charge is -2.25. The first-order chi connectivity index (χ1) is 21.3. The van der Waals surface area contributed by atoms with Crippen molar-refractivity contribution < 1.29 is 37.8 Å². The van der Waals surface area contributed by atoms with Crippen molar-refractivity contribution in [1.29, 1.82) is 0 Å². The predicted molar refractivity (Wildman–Crippen MR) is 164 cm³/mol. The molecule has 0 saturated carbocycles. The van der Waals surface area contributed by atoms with E-state index in [2.05, 4.69) is 15.4 Å². The smallest absolute Gasteiger partial charge is 0.459 e. The van der Waals surface area contributed by atoms with Gasteiger partial charge in [0.05, 0.1) is 18.8 Å². The number of hydrogen-bond donors (Lipinski definition) is 4. The van der Waals surface area contributed by atoms with Crippen LogP contribution in [0, 0.1) is 5.92 Å². The summed E-state index contributed by atoms with van der Waals surface area (Å²) < 4.78 is 37.8. The van der Waals surface area contributed by atoms with Crippen molar-refractivity contribution in [3.8, 4) is 16.9 Å². The second kappa shape index (κ2) is 14.4. The highest BCUT2D eigenvalue weighted by molar-refractivity contribution is 7.52. The van der Waals surface area contributed by atoms with Gasteiger partial charge in [0.1, 0.15) is 24.1 Å². The maximum atomic E-state index is 14.0. The monoisotopic (exact) mass is 644 g/mol. The third-order valence-corrected chi connectivity index (χ3v) is 8.68. The van der Waals surface area contributed by atoms with Crippen LogP contribution in [-0.2, 0) is 23.4 Å². The molecule has 1 fully saturated rings. The van der Waals surface area contributed by atoms with Crippen LogP contribution < -0.4 is 26.2 Å². The quantitative estimate of drug-likeness (QED) is 0.168. The van der Waals surface area contributed by atoms with Gasteiger partial charge in [0.15, 0.2) is 0 Å². The number of aliphatic hydroxyl groups excluding tert-OH is 1. The predicted octanol–water partition coefficient (Wildman–Crippen LogP) is 2.59. The Hall–Kier alpha value is -4.07. The van der Waals surface area contributed by atoms with Gasteiger partial charge in [-0.15, -0.1) is 0 Å². The first-order valence-electron chi connectivity index (χ1n) is 14.3. The molecule has 1 aliphatic heterocycles. The van der Waals surface area contributed by atoms with Gasteiger partial charge in [0.2, 0.25) is 0 Å². The van der Waals surface area contributed by atoms with Crippen molar-refractivity contribution in [2.24, 2.45) is 5.92 Å². The molecule has 4 N–H and O–H groups in total. The summed E-state index contributed by atoms with van der Waals surface area (Å²) in [6, 6.07) is 13.6. The van der Waals surface area contributed by atoms with Crippen molar-refractivity contribution in [3.63, 3.8) is 0 Å². The molecule has 2 aromatic carbocycles. The van der Waals surface area contributed by atoms with Crippen LogP contribution in [0.5, 0.6) is 5.75 Å². The summed E-state index contributed by atoms with van der Waals surface area (Å²) in [5.74, 6) is -1.38. The van der Waals surface area contributed by atoms with Crippen LogP contribution in [-0.4, -0.2) is 64.5 Å². The Morgan fingerprint density at radius 1 is 1.09 bits per heavy atom. The number of nitrogens with zero attached hydrogens (tertiary/aromatic N) is 1. The van der Waals surface area contributed by atoms with Crippen LogP contribution in [0.1, 0.15) is 44.3 Å². The molecule has 3 aromatic rings. The molecule has 15 heteroatoms.